The monoisotopic (exact) mass is 266 g/mol. The van der Waals surface area contributed by atoms with E-state index < -0.39 is 23.1 Å². The van der Waals surface area contributed by atoms with Crippen LogP contribution in [-0.2, 0) is 0 Å². The molecule has 1 rings (SSSR count). The van der Waals surface area contributed by atoms with Gasteiger partial charge in [0.15, 0.2) is 0 Å². The van der Waals surface area contributed by atoms with E-state index in [2.05, 4.69) is 10.5 Å². The summed E-state index contributed by atoms with van der Waals surface area (Å²) in [5, 5.41) is 28.8. The molecule has 0 aliphatic heterocycles. The molecule has 90 valence electrons. The fraction of sp³-hybridized carbons (Fsp3) is 0. The van der Waals surface area contributed by atoms with Crippen LogP contribution in [0.4, 0.5) is 10.1 Å². The van der Waals surface area contributed by atoms with Crippen molar-refractivity contribution in [2.45, 2.75) is 0 Å². The Labute approximate surface area is 106 Å². The number of nitriles is 2. The lowest BCUT2D eigenvalue weighted by Crippen LogP contribution is -2.03. The number of carboxylic acids is 1. The van der Waals surface area contributed by atoms with Gasteiger partial charge in [-0.25, -0.2) is 9.18 Å². The van der Waals surface area contributed by atoms with Crippen molar-refractivity contribution in [3.8, 4) is 12.1 Å². The molecule has 6 nitrogen and oxygen atoms in total. The van der Waals surface area contributed by atoms with Gasteiger partial charge in [0.05, 0.1) is 16.3 Å². The third-order valence-corrected chi connectivity index (χ3v) is 2.10. The first-order chi connectivity index (χ1) is 8.49. The van der Waals surface area contributed by atoms with Gasteiger partial charge in [0.2, 0.25) is 5.71 Å². The van der Waals surface area contributed by atoms with Crippen molar-refractivity contribution in [2.24, 2.45) is 5.10 Å². The predicted octanol–water partition coefficient (Wildman–Crippen LogP) is 1.99. The van der Waals surface area contributed by atoms with Crippen LogP contribution in [0.2, 0.25) is 5.02 Å². The van der Waals surface area contributed by atoms with Gasteiger partial charge in [0.1, 0.15) is 18.0 Å². The smallest absolute Gasteiger partial charge is 0.338 e. The van der Waals surface area contributed by atoms with Gasteiger partial charge in [-0.2, -0.15) is 15.6 Å². The average molecular weight is 267 g/mol. The third-order valence-electron chi connectivity index (χ3n) is 1.79. The van der Waals surface area contributed by atoms with Gasteiger partial charge >= 0.3 is 5.97 Å². The number of rotatable bonds is 3. The zero-order valence-electron chi connectivity index (χ0n) is 8.61. The van der Waals surface area contributed by atoms with Crippen molar-refractivity contribution in [3.63, 3.8) is 0 Å². The zero-order valence-corrected chi connectivity index (χ0v) is 9.36. The number of carboxylic acid groups (broad SMARTS) is 1. The number of benzene rings is 1. The number of carbonyl (C=O) groups is 1. The van der Waals surface area contributed by atoms with Gasteiger partial charge < -0.3 is 5.11 Å². The van der Waals surface area contributed by atoms with Crippen LogP contribution in [0.3, 0.4) is 0 Å². The van der Waals surface area contributed by atoms with E-state index >= 15 is 0 Å². The Morgan fingerprint density at radius 2 is 2.06 bits per heavy atom. The van der Waals surface area contributed by atoms with Crippen LogP contribution in [0.5, 0.6) is 0 Å². The zero-order chi connectivity index (χ0) is 13.7. The van der Waals surface area contributed by atoms with E-state index in [1.807, 2.05) is 0 Å². The number of anilines is 1. The Balaban J connectivity index is 3.16. The second-order valence-corrected chi connectivity index (χ2v) is 3.32. The topological polar surface area (TPSA) is 109 Å². The number of aromatic carboxylic acids is 1. The molecule has 0 saturated carbocycles. The van der Waals surface area contributed by atoms with Crippen LogP contribution in [0.1, 0.15) is 10.4 Å². The largest absolute Gasteiger partial charge is 0.478 e. The second-order valence-electron chi connectivity index (χ2n) is 2.91. The molecule has 18 heavy (non-hydrogen) atoms. The van der Waals surface area contributed by atoms with Gasteiger partial charge in [-0.05, 0) is 12.1 Å². The molecule has 0 unspecified atom stereocenters. The lowest BCUT2D eigenvalue weighted by molar-refractivity contribution is 0.0692. The summed E-state index contributed by atoms with van der Waals surface area (Å²) in [6.07, 6.45) is 0. The first-order valence-electron chi connectivity index (χ1n) is 4.35. The highest BCUT2D eigenvalue weighted by atomic mass is 35.5. The van der Waals surface area contributed by atoms with Crippen LogP contribution in [0, 0.1) is 28.5 Å². The summed E-state index contributed by atoms with van der Waals surface area (Å²) >= 11 is 5.65. The summed E-state index contributed by atoms with van der Waals surface area (Å²) in [6.45, 7) is 0. The van der Waals surface area contributed by atoms with E-state index in [4.69, 9.17) is 27.2 Å². The SMILES string of the molecule is N#CC(C#N)=NNc1cc(C(=O)O)c(F)cc1Cl. The molecule has 0 aliphatic carbocycles. The van der Waals surface area contributed by atoms with E-state index in [9.17, 15) is 9.18 Å². The summed E-state index contributed by atoms with van der Waals surface area (Å²) in [6, 6.07) is 4.67. The van der Waals surface area contributed by atoms with Crippen LogP contribution in [0.25, 0.3) is 0 Å². The van der Waals surface area contributed by atoms with E-state index in [1.54, 1.807) is 0 Å². The molecule has 0 bridgehead atoms. The minimum absolute atomic E-state index is 0.0292. The van der Waals surface area contributed by atoms with E-state index in [-0.39, 0.29) is 10.7 Å². The normalized spacial score (nSPS) is 8.89. The highest BCUT2D eigenvalue weighted by Crippen LogP contribution is 2.25. The maximum Gasteiger partial charge on any atom is 0.338 e. The van der Waals surface area contributed by atoms with Crippen molar-refractivity contribution in [1.82, 2.24) is 0 Å². The molecule has 0 heterocycles. The number of nitrogens with one attached hydrogen (secondary N) is 1. The molecule has 1 aromatic rings. The van der Waals surface area contributed by atoms with Crippen LogP contribution >= 0.6 is 11.6 Å². The lowest BCUT2D eigenvalue weighted by Gasteiger charge is -2.05. The summed E-state index contributed by atoms with van der Waals surface area (Å²) in [4.78, 5) is 10.7. The number of nitrogens with zero attached hydrogens (tertiary/aromatic N) is 3. The molecule has 8 heteroatoms. The lowest BCUT2D eigenvalue weighted by atomic mass is 10.2. The fourth-order valence-electron chi connectivity index (χ4n) is 0.990. The number of hydrogen-bond donors (Lipinski definition) is 2. The minimum atomic E-state index is -1.48. The number of halogens is 2. The van der Waals surface area contributed by atoms with Crippen LogP contribution in [-0.4, -0.2) is 16.8 Å². The second kappa shape index (κ2) is 5.62. The summed E-state index contributed by atoms with van der Waals surface area (Å²) in [7, 11) is 0. The Kier molecular flexibility index (Phi) is 4.19. The quantitative estimate of drug-likeness (QED) is 0.642. The Morgan fingerprint density at radius 3 is 2.56 bits per heavy atom. The Hall–Kier alpha value is -2.64. The fourth-order valence-corrected chi connectivity index (χ4v) is 1.18. The molecule has 0 aliphatic rings. The maximum absolute atomic E-state index is 13.2. The molecule has 0 radical (unpaired) electrons. The van der Waals surface area contributed by atoms with Crippen molar-refractivity contribution >= 4 is 29.0 Å². The van der Waals surface area contributed by atoms with Crippen LogP contribution < -0.4 is 5.43 Å². The summed E-state index contributed by atoms with van der Waals surface area (Å²) in [5.74, 6) is -2.47. The highest BCUT2D eigenvalue weighted by molar-refractivity contribution is 6.33. The predicted molar refractivity (Wildman–Crippen MR) is 60.7 cm³/mol. The molecular weight excluding hydrogens is 263 g/mol. The van der Waals surface area contributed by atoms with Crippen molar-refractivity contribution < 1.29 is 14.3 Å². The first-order valence-corrected chi connectivity index (χ1v) is 4.73. The van der Waals surface area contributed by atoms with E-state index in [1.165, 1.54) is 12.1 Å². The number of hydrogen-bond acceptors (Lipinski definition) is 5. The van der Waals surface area contributed by atoms with Crippen molar-refractivity contribution in [1.29, 1.82) is 10.5 Å². The maximum atomic E-state index is 13.2. The van der Waals surface area contributed by atoms with E-state index in [0.29, 0.717) is 0 Å². The molecule has 0 spiro atoms. The van der Waals surface area contributed by atoms with Crippen LogP contribution in [0.15, 0.2) is 17.2 Å². The van der Waals surface area contributed by atoms with Gasteiger partial charge in [-0.1, -0.05) is 11.6 Å². The van der Waals surface area contributed by atoms with Gasteiger partial charge in [-0.15, -0.1) is 0 Å². The van der Waals surface area contributed by atoms with Crippen molar-refractivity contribution in [3.05, 3.63) is 28.5 Å². The van der Waals surface area contributed by atoms with E-state index in [0.717, 1.165) is 12.1 Å². The molecule has 0 fully saturated rings. The number of hydrazone groups is 1. The summed E-state index contributed by atoms with van der Waals surface area (Å²) in [5.41, 5.74) is 1.11. The molecule has 1 aromatic carbocycles. The molecular formula is C10H4ClFN4O2. The van der Waals surface area contributed by atoms with Gasteiger partial charge in [0, 0.05) is 0 Å². The summed E-state index contributed by atoms with van der Waals surface area (Å²) < 4.78 is 13.2. The average Bonchev–Trinajstić information content (AvgIpc) is 2.32. The molecule has 2 N–H and O–H groups in total. The van der Waals surface area contributed by atoms with Gasteiger partial charge in [0.25, 0.3) is 0 Å². The Bertz CT molecular complexity index is 600. The molecule has 0 aromatic heterocycles. The van der Waals surface area contributed by atoms with Gasteiger partial charge in [-0.3, -0.25) is 5.43 Å². The van der Waals surface area contributed by atoms with Crippen molar-refractivity contribution in [2.75, 3.05) is 5.43 Å². The first kappa shape index (κ1) is 13.4. The highest BCUT2D eigenvalue weighted by Gasteiger charge is 2.14. The molecule has 0 amide bonds. The standard InChI is InChI=1S/C10H4ClFN4O2/c11-7-2-8(12)6(10(17)18)1-9(7)16-15-5(3-13)4-14/h1-2,16H,(H,17,18). The third kappa shape index (κ3) is 2.94. The molecule has 0 saturated heterocycles. The molecule has 0 atom stereocenters. The minimum Gasteiger partial charge on any atom is -0.478 e. The Morgan fingerprint density at radius 1 is 1.44 bits per heavy atom.